The van der Waals surface area contributed by atoms with Crippen LogP contribution in [0.2, 0.25) is 0 Å². The summed E-state index contributed by atoms with van der Waals surface area (Å²) in [6.45, 7) is 7.42. The van der Waals surface area contributed by atoms with E-state index in [0.29, 0.717) is 42.1 Å². The van der Waals surface area contributed by atoms with Crippen LogP contribution < -0.4 is 14.5 Å². The van der Waals surface area contributed by atoms with Gasteiger partial charge in [0.15, 0.2) is 0 Å². The molecule has 0 saturated carbocycles. The van der Waals surface area contributed by atoms with E-state index in [-0.39, 0.29) is 6.54 Å². The van der Waals surface area contributed by atoms with Gasteiger partial charge >= 0.3 is 0 Å². The van der Waals surface area contributed by atoms with E-state index in [1.807, 2.05) is 36.1 Å². The zero-order valence-corrected chi connectivity index (χ0v) is 20.4. The summed E-state index contributed by atoms with van der Waals surface area (Å²) in [4.78, 5) is 14.5. The summed E-state index contributed by atoms with van der Waals surface area (Å²) < 4.78 is 32.4. The molecule has 8 nitrogen and oxygen atoms in total. The highest BCUT2D eigenvalue weighted by atomic mass is 32.2. The van der Waals surface area contributed by atoms with Gasteiger partial charge in [-0.3, -0.25) is 19.2 Å². The molecule has 1 aliphatic rings. The topological polar surface area (TPSA) is 99.2 Å². The van der Waals surface area contributed by atoms with Gasteiger partial charge in [-0.2, -0.15) is 0 Å². The van der Waals surface area contributed by atoms with Gasteiger partial charge in [-0.05, 0) is 61.6 Å². The Morgan fingerprint density at radius 3 is 2.09 bits per heavy atom. The van der Waals surface area contributed by atoms with Gasteiger partial charge in [0.05, 0.1) is 18.5 Å². The SMILES string of the molecule is Cc1ccc(Oc2ccc(N(C[C@@H](C(=O)NO)N3C[C@H](C)C[C@H](C)C3)S(C)(=O)=O)cc2)cc1. The molecule has 1 aliphatic heterocycles. The number of piperidine rings is 1. The van der Waals surface area contributed by atoms with E-state index in [2.05, 4.69) is 13.8 Å². The lowest BCUT2D eigenvalue weighted by molar-refractivity contribution is -0.135. The van der Waals surface area contributed by atoms with Gasteiger partial charge in [0, 0.05) is 13.1 Å². The molecule has 0 spiro atoms. The molecule has 1 fully saturated rings. The maximum absolute atomic E-state index is 12.7. The molecular formula is C24H33N3O5S. The van der Waals surface area contributed by atoms with Crippen LogP contribution in [0.1, 0.15) is 25.8 Å². The van der Waals surface area contributed by atoms with Crippen molar-refractivity contribution in [3.63, 3.8) is 0 Å². The zero-order valence-electron chi connectivity index (χ0n) is 19.6. The molecule has 33 heavy (non-hydrogen) atoms. The average molecular weight is 476 g/mol. The number of nitrogens with one attached hydrogen (secondary N) is 1. The second kappa shape index (κ2) is 10.5. The quantitative estimate of drug-likeness (QED) is 0.448. The Bertz CT molecular complexity index is 1030. The van der Waals surface area contributed by atoms with Crippen LogP contribution in [0.4, 0.5) is 5.69 Å². The Hall–Kier alpha value is -2.62. The number of rotatable bonds is 8. The molecule has 1 amide bonds. The minimum Gasteiger partial charge on any atom is -0.457 e. The predicted molar refractivity (Wildman–Crippen MR) is 128 cm³/mol. The van der Waals surface area contributed by atoms with Gasteiger partial charge in [-0.25, -0.2) is 13.9 Å². The monoisotopic (exact) mass is 475 g/mol. The van der Waals surface area contributed by atoms with Crippen LogP contribution in [0.5, 0.6) is 11.5 Å². The number of carbonyl (C=O) groups excluding carboxylic acids is 1. The van der Waals surface area contributed by atoms with E-state index in [1.165, 1.54) is 4.31 Å². The lowest BCUT2D eigenvalue weighted by Crippen LogP contribution is -2.56. The number of nitrogens with zero attached hydrogens (tertiary/aromatic N) is 2. The number of likely N-dealkylation sites (tertiary alicyclic amines) is 1. The van der Waals surface area contributed by atoms with Crippen LogP contribution in [0.3, 0.4) is 0 Å². The Labute approximate surface area is 196 Å². The summed E-state index contributed by atoms with van der Waals surface area (Å²) in [5.41, 5.74) is 3.26. The zero-order chi connectivity index (χ0) is 24.2. The average Bonchev–Trinajstić information content (AvgIpc) is 2.75. The van der Waals surface area contributed by atoms with Crippen molar-refractivity contribution in [1.29, 1.82) is 0 Å². The molecular weight excluding hydrogens is 442 g/mol. The third-order valence-electron chi connectivity index (χ3n) is 5.87. The minimum absolute atomic E-state index is 0.108. The third kappa shape index (κ3) is 6.69. The number of hydroxylamine groups is 1. The molecule has 0 bridgehead atoms. The first-order valence-corrected chi connectivity index (χ1v) is 12.9. The molecule has 9 heteroatoms. The number of ether oxygens (including phenoxy) is 1. The van der Waals surface area contributed by atoms with E-state index in [1.54, 1.807) is 29.7 Å². The van der Waals surface area contributed by atoms with Crippen molar-refractivity contribution < 1.29 is 23.2 Å². The molecule has 1 heterocycles. The van der Waals surface area contributed by atoms with E-state index in [9.17, 15) is 18.4 Å². The fraction of sp³-hybridized carbons (Fsp3) is 0.458. The minimum atomic E-state index is -3.69. The molecule has 0 aliphatic carbocycles. The summed E-state index contributed by atoms with van der Waals surface area (Å²) in [6, 6.07) is 13.5. The van der Waals surface area contributed by atoms with Gasteiger partial charge < -0.3 is 4.74 Å². The number of amides is 1. The molecule has 0 radical (unpaired) electrons. The van der Waals surface area contributed by atoms with Crippen molar-refractivity contribution in [1.82, 2.24) is 10.4 Å². The van der Waals surface area contributed by atoms with E-state index in [0.717, 1.165) is 18.2 Å². The van der Waals surface area contributed by atoms with E-state index in [4.69, 9.17) is 4.74 Å². The highest BCUT2D eigenvalue weighted by molar-refractivity contribution is 7.92. The van der Waals surface area contributed by atoms with Crippen LogP contribution >= 0.6 is 0 Å². The fourth-order valence-corrected chi connectivity index (χ4v) is 5.33. The maximum atomic E-state index is 12.7. The Morgan fingerprint density at radius 1 is 1.09 bits per heavy atom. The first-order chi connectivity index (χ1) is 15.6. The Balaban J connectivity index is 1.83. The molecule has 1 saturated heterocycles. The van der Waals surface area contributed by atoms with Crippen LogP contribution in [-0.2, 0) is 14.8 Å². The van der Waals surface area contributed by atoms with E-state index >= 15 is 0 Å². The smallest absolute Gasteiger partial charge is 0.262 e. The largest absolute Gasteiger partial charge is 0.457 e. The number of hydrogen-bond donors (Lipinski definition) is 2. The van der Waals surface area contributed by atoms with Crippen LogP contribution in [-0.4, -0.2) is 56.4 Å². The number of aryl methyl sites for hydroxylation is 1. The van der Waals surface area contributed by atoms with Crippen LogP contribution in [0.15, 0.2) is 48.5 Å². The van der Waals surface area contributed by atoms with Crippen molar-refractivity contribution >= 4 is 21.6 Å². The van der Waals surface area contributed by atoms with E-state index < -0.39 is 22.0 Å². The molecule has 3 atom stereocenters. The highest BCUT2D eigenvalue weighted by Crippen LogP contribution is 2.28. The summed E-state index contributed by atoms with van der Waals surface area (Å²) in [7, 11) is -3.69. The molecule has 0 unspecified atom stereocenters. The highest BCUT2D eigenvalue weighted by Gasteiger charge is 2.35. The molecule has 2 aromatic carbocycles. The number of sulfonamides is 1. The lowest BCUT2D eigenvalue weighted by atomic mass is 9.90. The first kappa shape index (κ1) is 25.0. The first-order valence-electron chi connectivity index (χ1n) is 11.1. The maximum Gasteiger partial charge on any atom is 0.262 e. The second-order valence-corrected chi connectivity index (χ2v) is 11.0. The van der Waals surface area contributed by atoms with Crippen molar-refractivity contribution in [2.45, 2.75) is 33.2 Å². The summed E-state index contributed by atoms with van der Waals surface area (Å²) in [5, 5.41) is 9.34. The Morgan fingerprint density at radius 2 is 1.61 bits per heavy atom. The second-order valence-electron chi connectivity index (χ2n) is 9.09. The van der Waals surface area contributed by atoms with Gasteiger partial charge in [-0.1, -0.05) is 31.5 Å². The van der Waals surface area contributed by atoms with Gasteiger partial charge in [0.25, 0.3) is 5.91 Å². The van der Waals surface area contributed by atoms with Crippen molar-refractivity contribution in [3.8, 4) is 11.5 Å². The molecule has 3 rings (SSSR count). The third-order valence-corrected chi connectivity index (χ3v) is 7.03. The number of carbonyl (C=O) groups is 1. The molecule has 180 valence electrons. The number of hydrogen-bond acceptors (Lipinski definition) is 6. The molecule has 2 aromatic rings. The van der Waals surface area contributed by atoms with Gasteiger partial charge in [0.2, 0.25) is 10.0 Å². The van der Waals surface area contributed by atoms with Crippen molar-refractivity contribution in [2.75, 3.05) is 30.2 Å². The number of benzene rings is 2. The van der Waals surface area contributed by atoms with Crippen LogP contribution in [0, 0.1) is 18.8 Å². The fourth-order valence-electron chi connectivity index (χ4n) is 4.42. The standard InChI is InChI=1S/C24H33N3O5S/c1-17-5-9-21(10-6-17)32-22-11-7-20(8-12-22)27(33(4,30)31)16-23(24(28)25-29)26-14-18(2)13-19(3)15-26/h5-12,18-19,23,29H,13-16H2,1-4H3,(H,25,28)/t18-,19+,23-/m0/s1. The molecule has 0 aromatic heterocycles. The Kier molecular flexibility index (Phi) is 7.99. The van der Waals surface area contributed by atoms with Crippen LogP contribution in [0.25, 0.3) is 0 Å². The summed E-state index contributed by atoms with van der Waals surface area (Å²) in [5.74, 6) is 1.37. The number of anilines is 1. The van der Waals surface area contributed by atoms with Gasteiger partial charge in [-0.15, -0.1) is 0 Å². The summed E-state index contributed by atoms with van der Waals surface area (Å²) >= 11 is 0. The van der Waals surface area contributed by atoms with Crippen molar-refractivity contribution in [3.05, 3.63) is 54.1 Å². The predicted octanol–water partition coefficient (Wildman–Crippen LogP) is 3.41. The summed E-state index contributed by atoms with van der Waals surface area (Å²) in [6.07, 6.45) is 2.15. The van der Waals surface area contributed by atoms with Gasteiger partial charge in [0.1, 0.15) is 17.5 Å². The van der Waals surface area contributed by atoms with Crippen molar-refractivity contribution in [2.24, 2.45) is 11.8 Å². The molecule has 2 N–H and O–H groups in total. The lowest BCUT2D eigenvalue weighted by Gasteiger charge is -2.40. The normalized spacial score (nSPS) is 20.2.